The van der Waals surface area contributed by atoms with E-state index in [1.807, 2.05) is 24.6 Å². The molecule has 0 aliphatic carbocycles. The fourth-order valence-corrected chi connectivity index (χ4v) is 2.00. The van der Waals surface area contributed by atoms with Crippen LogP contribution in [0.4, 0.5) is 0 Å². The predicted octanol–water partition coefficient (Wildman–Crippen LogP) is 0.818. The van der Waals surface area contributed by atoms with E-state index in [9.17, 15) is 4.79 Å². The molecule has 6 heteroatoms. The van der Waals surface area contributed by atoms with Crippen LogP contribution in [0.5, 0.6) is 0 Å². The van der Waals surface area contributed by atoms with Crippen molar-refractivity contribution < 1.29 is 0 Å². The molecule has 15 heavy (non-hydrogen) atoms. The fraction of sp³-hybridized carbons (Fsp3) is 0.444. The Bertz CT molecular complexity index is 510. The van der Waals surface area contributed by atoms with Crippen LogP contribution in [0, 0.1) is 13.8 Å². The van der Waals surface area contributed by atoms with Gasteiger partial charge in [0.1, 0.15) is 5.01 Å². The Kier molecular flexibility index (Phi) is 2.68. The standard InChI is InChI=1S/C9H12N4OS/c1-7-3-4-10-12(7)5-6-13-9(14)15-8(2)11-13/h3-4H,5-6H2,1-2H3. The molecule has 0 radical (unpaired) electrons. The molecule has 0 saturated carbocycles. The largest absolute Gasteiger partial charge is 0.325 e. The molecule has 2 rings (SSSR count). The Morgan fingerprint density at radius 2 is 2.07 bits per heavy atom. The van der Waals surface area contributed by atoms with E-state index < -0.39 is 0 Å². The van der Waals surface area contributed by atoms with E-state index in [1.165, 1.54) is 16.0 Å². The summed E-state index contributed by atoms with van der Waals surface area (Å²) in [6, 6.07) is 1.94. The molecule has 5 nitrogen and oxygen atoms in total. The first-order valence-corrected chi connectivity index (χ1v) is 5.51. The third-order valence-electron chi connectivity index (χ3n) is 2.16. The summed E-state index contributed by atoms with van der Waals surface area (Å²) in [6.07, 6.45) is 1.75. The summed E-state index contributed by atoms with van der Waals surface area (Å²) in [5.74, 6) is 0. The minimum atomic E-state index is -0.00249. The first-order chi connectivity index (χ1) is 7.16. The van der Waals surface area contributed by atoms with Gasteiger partial charge in [0.25, 0.3) is 0 Å². The van der Waals surface area contributed by atoms with Crippen LogP contribution in [-0.2, 0) is 13.1 Å². The summed E-state index contributed by atoms with van der Waals surface area (Å²) in [7, 11) is 0. The molecule has 0 amide bonds. The Hall–Kier alpha value is -1.43. The van der Waals surface area contributed by atoms with E-state index in [1.54, 1.807) is 6.20 Å². The van der Waals surface area contributed by atoms with Crippen LogP contribution in [0.25, 0.3) is 0 Å². The summed E-state index contributed by atoms with van der Waals surface area (Å²) in [5.41, 5.74) is 1.09. The van der Waals surface area contributed by atoms with Crippen LogP contribution in [0.15, 0.2) is 17.1 Å². The zero-order valence-electron chi connectivity index (χ0n) is 8.67. The monoisotopic (exact) mass is 224 g/mol. The van der Waals surface area contributed by atoms with Gasteiger partial charge in [-0.3, -0.25) is 9.48 Å². The van der Waals surface area contributed by atoms with Crippen LogP contribution in [-0.4, -0.2) is 19.6 Å². The Balaban J connectivity index is 2.08. The van der Waals surface area contributed by atoms with E-state index in [0.717, 1.165) is 10.7 Å². The quantitative estimate of drug-likeness (QED) is 0.775. The minimum absolute atomic E-state index is 0.00249. The molecular weight excluding hydrogens is 212 g/mol. The van der Waals surface area contributed by atoms with Crippen molar-refractivity contribution in [1.29, 1.82) is 0 Å². The van der Waals surface area contributed by atoms with Crippen molar-refractivity contribution in [2.75, 3.05) is 0 Å². The Morgan fingerprint density at radius 3 is 2.60 bits per heavy atom. The SMILES string of the molecule is Cc1nn(CCn2nccc2C)c(=O)s1. The lowest BCUT2D eigenvalue weighted by Crippen LogP contribution is -2.19. The first-order valence-electron chi connectivity index (χ1n) is 4.70. The van der Waals surface area contributed by atoms with Crippen LogP contribution in [0.1, 0.15) is 10.7 Å². The van der Waals surface area contributed by atoms with Crippen molar-refractivity contribution in [3.05, 3.63) is 32.6 Å². The van der Waals surface area contributed by atoms with Gasteiger partial charge in [-0.2, -0.15) is 10.2 Å². The molecule has 0 atom stereocenters. The van der Waals surface area contributed by atoms with Gasteiger partial charge in [0.2, 0.25) is 0 Å². The molecule has 0 N–H and O–H groups in total. The lowest BCUT2D eigenvalue weighted by atomic mass is 10.5. The number of hydrogen-bond acceptors (Lipinski definition) is 4. The molecule has 0 bridgehead atoms. The zero-order valence-corrected chi connectivity index (χ0v) is 9.49. The summed E-state index contributed by atoms with van der Waals surface area (Å²) in [4.78, 5) is 11.4. The van der Waals surface area contributed by atoms with Gasteiger partial charge < -0.3 is 0 Å². The second kappa shape index (κ2) is 3.98. The molecule has 0 aliphatic heterocycles. The summed E-state index contributed by atoms with van der Waals surface area (Å²) >= 11 is 1.18. The molecule has 0 aromatic carbocycles. The van der Waals surface area contributed by atoms with Crippen molar-refractivity contribution in [2.24, 2.45) is 0 Å². The highest BCUT2D eigenvalue weighted by molar-refractivity contribution is 7.08. The van der Waals surface area contributed by atoms with Gasteiger partial charge in [0, 0.05) is 11.9 Å². The molecule has 0 unspecified atom stereocenters. The lowest BCUT2D eigenvalue weighted by Gasteiger charge is -2.03. The second-order valence-corrected chi connectivity index (χ2v) is 4.45. The highest BCUT2D eigenvalue weighted by Gasteiger charge is 2.03. The average molecular weight is 224 g/mol. The first kappa shape index (κ1) is 10.1. The summed E-state index contributed by atoms with van der Waals surface area (Å²) in [6.45, 7) is 5.08. The van der Waals surface area contributed by atoms with Crippen molar-refractivity contribution in [3.8, 4) is 0 Å². The summed E-state index contributed by atoms with van der Waals surface area (Å²) in [5, 5.41) is 9.07. The highest BCUT2D eigenvalue weighted by atomic mass is 32.1. The van der Waals surface area contributed by atoms with Gasteiger partial charge in [-0.05, 0) is 19.9 Å². The van der Waals surface area contributed by atoms with Crippen molar-refractivity contribution in [3.63, 3.8) is 0 Å². The van der Waals surface area contributed by atoms with E-state index in [0.29, 0.717) is 13.1 Å². The maximum atomic E-state index is 11.4. The van der Waals surface area contributed by atoms with E-state index >= 15 is 0 Å². The van der Waals surface area contributed by atoms with Crippen LogP contribution in [0.3, 0.4) is 0 Å². The van der Waals surface area contributed by atoms with Crippen LogP contribution in [0.2, 0.25) is 0 Å². The van der Waals surface area contributed by atoms with Gasteiger partial charge in [-0.1, -0.05) is 11.3 Å². The molecule has 2 heterocycles. The normalized spacial score (nSPS) is 10.8. The molecule has 80 valence electrons. The second-order valence-electron chi connectivity index (χ2n) is 3.31. The van der Waals surface area contributed by atoms with Crippen molar-refractivity contribution >= 4 is 11.3 Å². The number of hydrogen-bond donors (Lipinski definition) is 0. The third-order valence-corrected chi connectivity index (χ3v) is 2.92. The third kappa shape index (κ3) is 2.15. The Labute approximate surface area is 91.0 Å². The summed E-state index contributed by atoms with van der Waals surface area (Å²) < 4.78 is 3.35. The molecule has 0 spiro atoms. The number of aryl methyl sites for hydroxylation is 4. The molecule has 2 aromatic heterocycles. The zero-order chi connectivity index (χ0) is 10.8. The number of aromatic nitrogens is 4. The van der Waals surface area contributed by atoms with Crippen LogP contribution < -0.4 is 4.87 Å². The Morgan fingerprint density at radius 1 is 1.33 bits per heavy atom. The topological polar surface area (TPSA) is 52.7 Å². The van der Waals surface area contributed by atoms with Gasteiger partial charge in [0.05, 0.1) is 13.1 Å². The smallest absolute Gasteiger partial charge is 0.268 e. The van der Waals surface area contributed by atoms with Gasteiger partial charge in [-0.15, -0.1) is 0 Å². The predicted molar refractivity (Wildman–Crippen MR) is 58.1 cm³/mol. The molecule has 0 aliphatic rings. The van der Waals surface area contributed by atoms with E-state index in [4.69, 9.17) is 0 Å². The van der Waals surface area contributed by atoms with Crippen molar-refractivity contribution in [1.82, 2.24) is 19.6 Å². The highest BCUT2D eigenvalue weighted by Crippen LogP contribution is 1.98. The average Bonchev–Trinajstić information content (AvgIpc) is 2.70. The van der Waals surface area contributed by atoms with E-state index in [2.05, 4.69) is 10.2 Å². The minimum Gasteiger partial charge on any atom is -0.268 e. The van der Waals surface area contributed by atoms with Gasteiger partial charge >= 0.3 is 4.87 Å². The van der Waals surface area contributed by atoms with Gasteiger partial charge in [-0.25, -0.2) is 4.68 Å². The maximum absolute atomic E-state index is 11.4. The fourth-order valence-electron chi connectivity index (χ4n) is 1.37. The van der Waals surface area contributed by atoms with Crippen LogP contribution >= 0.6 is 11.3 Å². The van der Waals surface area contributed by atoms with E-state index in [-0.39, 0.29) is 4.87 Å². The number of rotatable bonds is 3. The maximum Gasteiger partial charge on any atom is 0.325 e. The molecular formula is C9H12N4OS. The molecule has 0 fully saturated rings. The van der Waals surface area contributed by atoms with Crippen molar-refractivity contribution in [2.45, 2.75) is 26.9 Å². The van der Waals surface area contributed by atoms with Gasteiger partial charge in [0.15, 0.2) is 0 Å². The lowest BCUT2D eigenvalue weighted by molar-refractivity contribution is 0.483. The molecule has 2 aromatic rings. The number of nitrogens with zero attached hydrogens (tertiary/aromatic N) is 4. The molecule has 0 saturated heterocycles.